The van der Waals surface area contributed by atoms with Gasteiger partial charge >= 0.3 is 0 Å². The van der Waals surface area contributed by atoms with Crippen LogP contribution in [0.2, 0.25) is 0 Å². The average Bonchev–Trinajstić information content (AvgIpc) is 2.18. The molecule has 0 aliphatic carbocycles. The minimum Gasteiger partial charge on any atom is -0.261 e. The van der Waals surface area contributed by atoms with E-state index < -0.39 is 0 Å². The van der Waals surface area contributed by atoms with Gasteiger partial charge in [0.15, 0.2) is 0 Å². The molecule has 0 bridgehead atoms. The van der Waals surface area contributed by atoms with Crippen LogP contribution in [0.25, 0.3) is 0 Å². The predicted molar refractivity (Wildman–Crippen MR) is 56.7 cm³/mol. The fourth-order valence-corrected chi connectivity index (χ4v) is 1.82. The van der Waals surface area contributed by atoms with Crippen molar-refractivity contribution in [3.05, 3.63) is 29.8 Å². The minimum atomic E-state index is -0.238. The van der Waals surface area contributed by atoms with Gasteiger partial charge < -0.3 is 0 Å². The highest BCUT2D eigenvalue weighted by molar-refractivity contribution is 5.21. The zero-order valence-corrected chi connectivity index (χ0v) is 9.18. The lowest BCUT2D eigenvalue weighted by Gasteiger charge is -2.28. The maximum Gasteiger partial charge on any atom is 0.141 e. The summed E-state index contributed by atoms with van der Waals surface area (Å²) < 4.78 is 13.0. The summed E-state index contributed by atoms with van der Waals surface area (Å²) in [6.07, 6.45) is 6.25. The fourth-order valence-electron chi connectivity index (χ4n) is 1.82. The molecule has 1 atom stereocenters. The Bertz CT molecular complexity index is 298. The van der Waals surface area contributed by atoms with Crippen LogP contribution < -0.4 is 0 Å². The Kier molecular flexibility index (Phi) is 3.62. The van der Waals surface area contributed by atoms with E-state index in [2.05, 4.69) is 25.8 Å². The Hall–Kier alpha value is -0.920. The predicted octanol–water partition coefficient (Wildman–Crippen LogP) is 3.69. The molecule has 78 valence electrons. The van der Waals surface area contributed by atoms with Gasteiger partial charge in [-0.1, -0.05) is 27.2 Å². The molecule has 0 radical (unpaired) electrons. The molecule has 0 saturated carbocycles. The van der Waals surface area contributed by atoms with Crippen molar-refractivity contribution in [1.29, 1.82) is 0 Å². The molecule has 0 amide bonds. The van der Waals surface area contributed by atoms with E-state index in [9.17, 15) is 4.39 Å². The van der Waals surface area contributed by atoms with Crippen molar-refractivity contribution in [1.82, 2.24) is 4.98 Å². The number of halogens is 1. The van der Waals surface area contributed by atoms with E-state index in [1.54, 1.807) is 12.3 Å². The molecular weight excluding hydrogens is 177 g/mol. The first kappa shape index (κ1) is 11.2. The van der Waals surface area contributed by atoms with Crippen molar-refractivity contribution in [2.75, 3.05) is 0 Å². The lowest BCUT2D eigenvalue weighted by Crippen LogP contribution is -2.20. The highest BCUT2D eigenvalue weighted by Gasteiger charge is 2.23. The summed E-state index contributed by atoms with van der Waals surface area (Å²) in [5.41, 5.74) is 1.09. The maximum atomic E-state index is 13.0. The quantitative estimate of drug-likeness (QED) is 0.714. The molecule has 0 aliphatic heterocycles. The van der Waals surface area contributed by atoms with Crippen LogP contribution in [0, 0.1) is 5.82 Å². The second kappa shape index (κ2) is 4.54. The summed E-state index contributed by atoms with van der Waals surface area (Å²) in [6.45, 7) is 6.47. The van der Waals surface area contributed by atoms with Gasteiger partial charge in [0, 0.05) is 6.20 Å². The van der Waals surface area contributed by atoms with Crippen molar-refractivity contribution in [2.45, 2.75) is 45.4 Å². The van der Waals surface area contributed by atoms with Crippen LogP contribution in [0.4, 0.5) is 4.39 Å². The zero-order valence-electron chi connectivity index (χ0n) is 9.18. The van der Waals surface area contributed by atoms with E-state index >= 15 is 0 Å². The second-order valence-electron chi connectivity index (χ2n) is 4.06. The largest absolute Gasteiger partial charge is 0.261 e. The molecule has 1 rings (SSSR count). The van der Waals surface area contributed by atoms with E-state index in [1.807, 2.05) is 0 Å². The molecule has 0 fully saturated rings. The number of nitrogens with zero attached hydrogens (tertiary/aromatic N) is 1. The van der Waals surface area contributed by atoms with Gasteiger partial charge in [0.2, 0.25) is 0 Å². The van der Waals surface area contributed by atoms with Gasteiger partial charge in [-0.25, -0.2) is 4.39 Å². The normalized spacial score (nSPS) is 15.1. The van der Waals surface area contributed by atoms with Gasteiger partial charge in [-0.05, 0) is 29.9 Å². The summed E-state index contributed by atoms with van der Waals surface area (Å²) in [4.78, 5) is 3.91. The smallest absolute Gasteiger partial charge is 0.141 e. The monoisotopic (exact) mass is 195 g/mol. The molecule has 0 aliphatic rings. The van der Waals surface area contributed by atoms with Crippen molar-refractivity contribution in [2.24, 2.45) is 0 Å². The summed E-state index contributed by atoms with van der Waals surface area (Å²) in [5.74, 6) is -0.238. The number of hydrogen-bond donors (Lipinski definition) is 0. The SMILES string of the molecule is CCCC(C)(CC)c1cncc(F)c1. The highest BCUT2D eigenvalue weighted by Crippen LogP contribution is 2.31. The lowest BCUT2D eigenvalue weighted by molar-refractivity contribution is 0.410. The molecule has 1 aromatic rings. The van der Waals surface area contributed by atoms with Gasteiger partial charge in [0.25, 0.3) is 0 Å². The minimum absolute atomic E-state index is 0.0733. The molecule has 0 aromatic carbocycles. The van der Waals surface area contributed by atoms with E-state index in [1.165, 1.54) is 6.20 Å². The molecule has 0 saturated heterocycles. The molecule has 1 heterocycles. The van der Waals surface area contributed by atoms with Gasteiger partial charge in [0.1, 0.15) is 5.82 Å². The number of aromatic nitrogens is 1. The van der Waals surface area contributed by atoms with Crippen LogP contribution in [0.3, 0.4) is 0 Å². The summed E-state index contributed by atoms with van der Waals surface area (Å²) in [5, 5.41) is 0. The van der Waals surface area contributed by atoms with Gasteiger partial charge in [-0.15, -0.1) is 0 Å². The van der Waals surface area contributed by atoms with Gasteiger partial charge in [-0.3, -0.25) is 4.98 Å². The third-order valence-corrected chi connectivity index (χ3v) is 2.98. The molecule has 0 N–H and O–H groups in total. The van der Waals surface area contributed by atoms with E-state index in [4.69, 9.17) is 0 Å². The van der Waals surface area contributed by atoms with Gasteiger partial charge in [-0.2, -0.15) is 0 Å². The number of rotatable bonds is 4. The molecule has 14 heavy (non-hydrogen) atoms. The van der Waals surface area contributed by atoms with Crippen LogP contribution in [0.15, 0.2) is 18.5 Å². The van der Waals surface area contributed by atoms with Crippen molar-refractivity contribution in [3.63, 3.8) is 0 Å². The van der Waals surface area contributed by atoms with Crippen molar-refractivity contribution < 1.29 is 4.39 Å². The Balaban J connectivity index is 2.99. The number of hydrogen-bond acceptors (Lipinski definition) is 1. The topological polar surface area (TPSA) is 12.9 Å². The van der Waals surface area contributed by atoms with E-state index in [0.717, 1.165) is 24.8 Å². The van der Waals surface area contributed by atoms with Crippen LogP contribution >= 0.6 is 0 Å². The fraction of sp³-hybridized carbons (Fsp3) is 0.583. The molecule has 2 heteroatoms. The summed E-state index contributed by atoms with van der Waals surface area (Å²) in [6, 6.07) is 1.60. The van der Waals surface area contributed by atoms with Crippen LogP contribution in [0.1, 0.15) is 45.6 Å². The zero-order chi connectivity index (χ0) is 10.6. The Morgan fingerprint density at radius 1 is 1.36 bits per heavy atom. The first-order valence-electron chi connectivity index (χ1n) is 5.23. The molecule has 0 spiro atoms. The van der Waals surface area contributed by atoms with E-state index in [0.29, 0.717) is 0 Å². The lowest BCUT2D eigenvalue weighted by atomic mass is 9.77. The number of pyridine rings is 1. The first-order chi connectivity index (χ1) is 6.62. The molecule has 1 unspecified atom stereocenters. The van der Waals surface area contributed by atoms with Crippen LogP contribution in [0.5, 0.6) is 0 Å². The molecular formula is C12H18FN. The van der Waals surface area contributed by atoms with Crippen molar-refractivity contribution in [3.8, 4) is 0 Å². The summed E-state index contributed by atoms with van der Waals surface area (Å²) in [7, 11) is 0. The standard InChI is InChI=1S/C12H18FN/c1-4-6-12(3,5-2)10-7-11(13)9-14-8-10/h7-9H,4-6H2,1-3H3. The second-order valence-corrected chi connectivity index (χ2v) is 4.06. The Morgan fingerprint density at radius 2 is 2.07 bits per heavy atom. The Labute approximate surface area is 85.4 Å². The van der Waals surface area contributed by atoms with Crippen LogP contribution in [-0.4, -0.2) is 4.98 Å². The third-order valence-electron chi connectivity index (χ3n) is 2.98. The molecule has 1 aromatic heterocycles. The van der Waals surface area contributed by atoms with Gasteiger partial charge in [0.05, 0.1) is 6.20 Å². The van der Waals surface area contributed by atoms with Crippen LogP contribution in [-0.2, 0) is 5.41 Å². The maximum absolute atomic E-state index is 13.0. The van der Waals surface area contributed by atoms with E-state index in [-0.39, 0.29) is 11.2 Å². The Morgan fingerprint density at radius 3 is 2.57 bits per heavy atom. The highest BCUT2D eigenvalue weighted by atomic mass is 19.1. The molecule has 1 nitrogen and oxygen atoms in total. The first-order valence-corrected chi connectivity index (χ1v) is 5.23. The summed E-state index contributed by atoms with van der Waals surface area (Å²) >= 11 is 0. The third kappa shape index (κ3) is 2.31. The van der Waals surface area contributed by atoms with Crippen molar-refractivity contribution >= 4 is 0 Å². The average molecular weight is 195 g/mol.